The third kappa shape index (κ3) is 3.74. The van der Waals surface area contributed by atoms with Gasteiger partial charge >= 0.3 is 0 Å². The van der Waals surface area contributed by atoms with Crippen LogP contribution in [-0.2, 0) is 15.9 Å². The summed E-state index contributed by atoms with van der Waals surface area (Å²) in [5.41, 5.74) is 0.878. The normalized spacial score (nSPS) is 13.1. The van der Waals surface area contributed by atoms with Gasteiger partial charge in [-0.1, -0.05) is 12.1 Å². The monoisotopic (exact) mass is 305 g/mol. The lowest BCUT2D eigenvalue weighted by Crippen LogP contribution is -2.41. The minimum atomic E-state index is -0.366. The van der Waals surface area contributed by atoms with Gasteiger partial charge in [-0.2, -0.15) is 0 Å². The van der Waals surface area contributed by atoms with Gasteiger partial charge in [0.05, 0.1) is 10.5 Å². The molecule has 0 spiro atoms. The summed E-state index contributed by atoms with van der Waals surface area (Å²) in [7, 11) is 4.99. The number of ether oxygens (including phenoxy) is 2. The Morgan fingerprint density at radius 2 is 2.00 bits per heavy atom. The topological polar surface area (TPSA) is 30.5 Å². The van der Waals surface area contributed by atoms with Gasteiger partial charge < -0.3 is 14.8 Å². The summed E-state index contributed by atoms with van der Waals surface area (Å²) >= 11 is 3.25. The number of hydrogen-bond donors (Lipinski definition) is 1. The van der Waals surface area contributed by atoms with E-state index in [4.69, 9.17) is 9.47 Å². The molecule has 1 unspecified atom stereocenters. The van der Waals surface area contributed by atoms with Crippen molar-refractivity contribution in [2.75, 3.05) is 21.3 Å². The first kappa shape index (κ1) is 14.6. The molecule has 0 aliphatic rings. The molecular weight excluding hydrogens is 289 g/mol. The van der Waals surface area contributed by atoms with Crippen molar-refractivity contribution in [1.29, 1.82) is 0 Å². The maximum absolute atomic E-state index is 13.4. The second kappa shape index (κ2) is 7.06. The van der Waals surface area contributed by atoms with Gasteiger partial charge in [-0.25, -0.2) is 4.39 Å². The Morgan fingerprint density at radius 3 is 2.53 bits per heavy atom. The number of hydrogen-bond acceptors (Lipinski definition) is 3. The van der Waals surface area contributed by atoms with Gasteiger partial charge in [-0.15, -0.1) is 0 Å². The Labute approximate surface area is 109 Å². The molecule has 0 aliphatic heterocycles. The summed E-state index contributed by atoms with van der Waals surface area (Å²) in [6.07, 6.45) is 0.247. The Balaban J connectivity index is 2.83. The number of methoxy groups -OCH3 is 2. The molecule has 0 saturated heterocycles. The summed E-state index contributed by atoms with van der Waals surface area (Å²) in [6.45, 7) is 0. The van der Waals surface area contributed by atoms with Gasteiger partial charge in [0.2, 0.25) is 0 Å². The molecule has 0 heterocycles. The van der Waals surface area contributed by atoms with E-state index in [1.807, 2.05) is 13.1 Å². The van der Waals surface area contributed by atoms with Crippen LogP contribution < -0.4 is 5.32 Å². The van der Waals surface area contributed by atoms with Gasteiger partial charge in [0.25, 0.3) is 0 Å². The molecule has 0 fully saturated rings. The van der Waals surface area contributed by atoms with Gasteiger partial charge in [0.15, 0.2) is 6.29 Å². The van der Waals surface area contributed by atoms with E-state index in [0.717, 1.165) is 5.56 Å². The molecule has 1 rings (SSSR count). The second-order valence-corrected chi connectivity index (χ2v) is 4.45. The SMILES string of the molecule is CNC(Cc1cccc(F)c1Br)C(OC)OC. The smallest absolute Gasteiger partial charge is 0.172 e. The van der Waals surface area contributed by atoms with Gasteiger partial charge in [0, 0.05) is 14.2 Å². The van der Waals surface area contributed by atoms with Crippen LogP contribution in [0, 0.1) is 5.82 Å². The van der Waals surface area contributed by atoms with Gasteiger partial charge in [0.1, 0.15) is 5.82 Å². The van der Waals surface area contributed by atoms with E-state index in [9.17, 15) is 4.39 Å². The summed E-state index contributed by atoms with van der Waals surface area (Å²) in [5, 5.41) is 3.11. The molecule has 0 aromatic heterocycles. The average molecular weight is 306 g/mol. The standard InChI is InChI=1S/C12H17BrFNO2/c1-15-10(12(16-2)17-3)7-8-5-4-6-9(14)11(8)13/h4-6,10,12,15H,7H2,1-3H3. The van der Waals surface area contributed by atoms with Crippen molar-refractivity contribution in [3.05, 3.63) is 34.1 Å². The van der Waals surface area contributed by atoms with Gasteiger partial charge in [-0.3, -0.25) is 0 Å². The first-order valence-electron chi connectivity index (χ1n) is 5.29. The van der Waals surface area contributed by atoms with Crippen LogP contribution in [0.15, 0.2) is 22.7 Å². The zero-order chi connectivity index (χ0) is 12.8. The molecule has 5 heteroatoms. The van der Waals surface area contributed by atoms with Crippen LogP contribution >= 0.6 is 15.9 Å². The van der Waals surface area contributed by atoms with E-state index in [1.54, 1.807) is 20.3 Å². The van der Waals surface area contributed by atoms with Crippen LogP contribution in [-0.4, -0.2) is 33.6 Å². The highest BCUT2D eigenvalue weighted by molar-refractivity contribution is 9.10. The van der Waals surface area contributed by atoms with Crippen molar-refractivity contribution >= 4 is 15.9 Å². The zero-order valence-electron chi connectivity index (χ0n) is 10.2. The van der Waals surface area contributed by atoms with E-state index in [-0.39, 0.29) is 18.1 Å². The van der Waals surface area contributed by atoms with Crippen LogP contribution in [0.5, 0.6) is 0 Å². The number of rotatable bonds is 6. The van der Waals surface area contributed by atoms with Crippen LogP contribution in [0.2, 0.25) is 0 Å². The number of benzene rings is 1. The van der Waals surface area contributed by atoms with Crippen molar-refractivity contribution in [3.8, 4) is 0 Å². The molecule has 1 N–H and O–H groups in total. The van der Waals surface area contributed by atoms with Crippen LogP contribution in [0.1, 0.15) is 5.56 Å². The molecule has 1 atom stereocenters. The fraction of sp³-hybridized carbons (Fsp3) is 0.500. The molecule has 1 aromatic rings. The van der Waals surface area contributed by atoms with Crippen LogP contribution in [0.4, 0.5) is 4.39 Å². The summed E-state index contributed by atoms with van der Waals surface area (Å²) in [6, 6.07) is 4.95. The first-order chi connectivity index (χ1) is 8.13. The fourth-order valence-electron chi connectivity index (χ4n) is 1.70. The summed E-state index contributed by atoms with van der Waals surface area (Å²) in [5.74, 6) is -0.260. The van der Waals surface area contributed by atoms with Gasteiger partial charge in [-0.05, 0) is 41.0 Å². The highest BCUT2D eigenvalue weighted by Gasteiger charge is 2.20. The largest absolute Gasteiger partial charge is 0.354 e. The lowest BCUT2D eigenvalue weighted by Gasteiger charge is -2.24. The number of halogens is 2. The van der Waals surface area contributed by atoms with Crippen molar-refractivity contribution < 1.29 is 13.9 Å². The minimum Gasteiger partial charge on any atom is -0.354 e. The van der Waals surface area contributed by atoms with Crippen molar-refractivity contribution in [3.63, 3.8) is 0 Å². The molecule has 0 aliphatic carbocycles. The fourth-order valence-corrected chi connectivity index (χ4v) is 2.13. The third-order valence-electron chi connectivity index (χ3n) is 2.64. The quantitative estimate of drug-likeness (QED) is 0.818. The third-order valence-corrected chi connectivity index (χ3v) is 3.52. The van der Waals surface area contributed by atoms with Crippen molar-refractivity contribution in [2.24, 2.45) is 0 Å². The number of nitrogens with one attached hydrogen (secondary N) is 1. The first-order valence-corrected chi connectivity index (χ1v) is 6.09. The highest BCUT2D eigenvalue weighted by atomic mass is 79.9. The van der Waals surface area contributed by atoms with Crippen molar-refractivity contribution in [1.82, 2.24) is 5.32 Å². The summed E-state index contributed by atoms with van der Waals surface area (Å²) in [4.78, 5) is 0. The molecule has 1 aromatic carbocycles. The molecule has 0 radical (unpaired) electrons. The van der Waals surface area contributed by atoms with E-state index >= 15 is 0 Å². The maximum atomic E-state index is 13.4. The molecular formula is C12H17BrFNO2. The van der Waals surface area contributed by atoms with E-state index in [1.165, 1.54) is 6.07 Å². The second-order valence-electron chi connectivity index (χ2n) is 3.65. The molecule has 96 valence electrons. The minimum absolute atomic E-state index is 0.0388. The molecule has 3 nitrogen and oxygen atoms in total. The Morgan fingerprint density at radius 1 is 1.35 bits per heavy atom. The summed E-state index contributed by atoms with van der Waals surface area (Å²) < 4.78 is 24.3. The van der Waals surface area contributed by atoms with E-state index < -0.39 is 0 Å². The van der Waals surface area contributed by atoms with E-state index in [0.29, 0.717) is 10.9 Å². The predicted molar refractivity (Wildman–Crippen MR) is 68.5 cm³/mol. The molecule has 17 heavy (non-hydrogen) atoms. The lowest BCUT2D eigenvalue weighted by molar-refractivity contribution is -0.121. The Bertz CT molecular complexity index is 358. The van der Waals surface area contributed by atoms with Crippen LogP contribution in [0.3, 0.4) is 0 Å². The average Bonchev–Trinajstić information content (AvgIpc) is 2.34. The maximum Gasteiger partial charge on any atom is 0.172 e. The zero-order valence-corrected chi connectivity index (χ0v) is 11.8. The Kier molecular flexibility index (Phi) is 6.05. The highest BCUT2D eigenvalue weighted by Crippen LogP contribution is 2.22. The predicted octanol–water partition coefficient (Wildman–Crippen LogP) is 2.34. The van der Waals surface area contributed by atoms with E-state index in [2.05, 4.69) is 21.2 Å². The molecule has 0 bridgehead atoms. The number of likely N-dealkylation sites (N-methyl/N-ethyl adjacent to an activating group) is 1. The van der Waals surface area contributed by atoms with Crippen LogP contribution in [0.25, 0.3) is 0 Å². The molecule has 0 amide bonds. The Hall–Kier alpha value is -0.490. The van der Waals surface area contributed by atoms with Crippen molar-refractivity contribution in [2.45, 2.75) is 18.8 Å². The molecule has 0 saturated carbocycles. The lowest BCUT2D eigenvalue weighted by atomic mass is 10.1.